The number of carbonyl (C=O) groups is 1. The Bertz CT molecular complexity index is 749. The molecule has 5 heteroatoms. The predicted molar refractivity (Wildman–Crippen MR) is 94.6 cm³/mol. The molecular weight excluding hydrogens is 300 g/mol. The number of hydrogen-bond donors (Lipinski definition) is 3. The number of rotatable bonds is 7. The number of hydrogen-bond acceptors (Lipinski definition) is 4. The maximum atomic E-state index is 11.9. The van der Waals surface area contributed by atoms with E-state index in [-0.39, 0.29) is 0 Å². The van der Waals surface area contributed by atoms with Crippen LogP contribution in [0, 0.1) is 11.3 Å². The molecule has 2 aromatic rings. The standard InChI is InChI=1S/C19H22N4O/c20-13-15-5-3-6-16(12-15)19(23,18(22)24)11-2-1-4-14-7-9-17(21)10-8-14/h3,5-10,12H,1-2,4,11,21,23H2,(H2,22,24). The molecule has 1 atom stereocenters. The van der Waals surface area contributed by atoms with Crippen LogP contribution in [0.15, 0.2) is 48.5 Å². The molecule has 0 aliphatic rings. The summed E-state index contributed by atoms with van der Waals surface area (Å²) < 4.78 is 0. The van der Waals surface area contributed by atoms with Gasteiger partial charge in [0.05, 0.1) is 11.6 Å². The van der Waals surface area contributed by atoms with Gasteiger partial charge < -0.3 is 17.2 Å². The van der Waals surface area contributed by atoms with E-state index in [9.17, 15) is 4.79 Å². The number of aryl methyl sites for hydroxylation is 1. The normalized spacial score (nSPS) is 13.0. The molecule has 1 unspecified atom stereocenters. The fourth-order valence-electron chi connectivity index (χ4n) is 2.69. The molecule has 1 amide bonds. The average molecular weight is 322 g/mol. The smallest absolute Gasteiger partial charge is 0.242 e. The molecule has 0 heterocycles. The summed E-state index contributed by atoms with van der Waals surface area (Å²) in [6, 6.07) is 16.6. The molecular formula is C19H22N4O. The molecule has 0 aliphatic carbocycles. The predicted octanol–water partition coefficient (Wildman–Crippen LogP) is 2.19. The van der Waals surface area contributed by atoms with Crippen molar-refractivity contribution in [1.29, 1.82) is 5.26 Å². The molecule has 0 fully saturated rings. The zero-order chi connectivity index (χ0) is 17.6. The van der Waals surface area contributed by atoms with Crippen LogP contribution in [0.1, 0.15) is 36.0 Å². The molecule has 0 bridgehead atoms. The second-order valence-electron chi connectivity index (χ2n) is 5.98. The average Bonchev–Trinajstić information content (AvgIpc) is 2.60. The van der Waals surface area contributed by atoms with Gasteiger partial charge in [-0.15, -0.1) is 0 Å². The van der Waals surface area contributed by atoms with Crippen molar-refractivity contribution in [1.82, 2.24) is 0 Å². The van der Waals surface area contributed by atoms with Crippen molar-refractivity contribution in [2.45, 2.75) is 31.2 Å². The lowest BCUT2D eigenvalue weighted by molar-refractivity contribution is -0.123. The summed E-state index contributed by atoms with van der Waals surface area (Å²) in [5, 5.41) is 9.01. The Morgan fingerprint density at radius 1 is 1.12 bits per heavy atom. The first-order valence-corrected chi connectivity index (χ1v) is 7.89. The zero-order valence-corrected chi connectivity index (χ0v) is 13.5. The zero-order valence-electron chi connectivity index (χ0n) is 13.5. The highest BCUT2D eigenvalue weighted by molar-refractivity contribution is 5.86. The molecule has 2 aromatic carbocycles. The largest absolute Gasteiger partial charge is 0.399 e. The van der Waals surface area contributed by atoms with Crippen molar-refractivity contribution in [3.8, 4) is 6.07 Å². The van der Waals surface area contributed by atoms with E-state index in [1.54, 1.807) is 24.3 Å². The maximum absolute atomic E-state index is 11.9. The molecule has 2 rings (SSSR count). The van der Waals surface area contributed by atoms with Gasteiger partial charge >= 0.3 is 0 Å². The lowest BCUT2D eigenvalue weighted by atomic mass is 9.84. The lowest BCUT2D eigenvalue weighted by Gasteiger charge is -2.26. The summed E-state index contributed by atoms with van der Waals surface area (Å²) in [7, 11) is 0. The van der Waals surface area contributed by atoms with Crippen LogP contribution in [-0.2, 0) is 16.8 Å². The number of nitrogens with two attached hydrogens (primary N) is 3. The summed E-state index contributed by atoms with van der Waals surface area (Å²) in [4.78, 5) is 11.9. The number of carbonyl (C=O) groups excluding carboxylic acids is 1. The number of primary amides is 1. The van der Waals surface area contributed by atoms with Gasteiger partial charge in [0, 0.05) is 5.69 Å². The summed E-state index contributed by atoms with van der Waals surface area (Å²) in [5.74, 6) is -0.579. The lowest BCUT2D eigenvalue weighted by Crippen LogP contribution is -2.49. The van der Waals surface area contributed by atoms with Crippen molar-refractivity contribution in [3.63, 3.8) is 0 Å². The highest BCUT2D eigenvalue weighted by Gasteiger charge is 2.33. The van der Waals surface area contributed by atoms with Gasteiger partial charge in [-0.3, -0.25) is 4.79 Å². The molecule has 24 heavy (non-hydrogen) atoms. The van der Waals surface area contributed by atoms with Gasteiger partial charge in [0.2, 0.25) is 5.91 Å². The topological polar surface area (TPSA) is 119 Å². The molecule has 0 saturated carbocycles. The summed E-state index contributed by atoms with van der Waals surface area (Å²) >= 11 is 0. The van der Waals surface area contributed by atoms with E-state index in [4.69, 9.17) is 22.5 Å². The monoisotopic (exact) mass is 322 g/mol. The van der Waals surface area contributed by atoms with E-state index in [1.165, 1.54) is 5.56 Å². The van der Waals surface area contributed by atoms with Gasteiger partial charge in [0.15, 0.2) is 0 Å². The second kappa shape index (κ2) is 7.62. The van der Waals surface area contributed by atoms with Gasteiger partial charge in [-0.1, -0.05) is 30.7 Å². The highest BCUT2D eigenvalue weighted by Crippen LogP contribution is 2.25. The molecule has 0 spiro atoms. The number of nitriles is 1. The number of benzene rings is 2. The van der Waals surface area contributed by atoms with E-state index < -0.39 is 11.4 Å². The van der Waals surface area contributed by atoms with Crippen LogP contribution in [0.25, 0.3) is 0 Å². The first kappa shape index (κ1) is 17.5. The van der Waals surface area contributed by atoms with Gasteiger partial charge in [0.1, 0.15) is 5.54 Å². The Morgan fingerprint density at radius 2 is 1.83 bits per heavy atom. The number of anilines is 1. The third-order valence-corrected chi connectivity index (χ3v) is 4.21. The van der Waals surface area contributed by atoms with E-state index in [1.807, 2.05) is 24.3 Å². The Labute approximate surface area is 142 Å². The van der Waals surface area contributed by atoms with Gasteiger partial charge in [-0.2, -0.15) is 5.26 Å². The van der Waals surface area contributed by atoms with E-state index in [2.05, 4.69) is 6.07 Å². The summed E-state index contributed by atoms with van der Waals surface area (Å²) in [6.45, 7) is 0. The highest BCUT2D eigenvalue weighted by atomic mass is 16.1. The number of unbranched alkanes of at least 4 members (excludes halogenated alkanes) is 1. The van der Waals surface area contributed by atoms with Crippen molar-refractivity contribution in [3.05, 3.63) is 65.2 Å². The molecule has 0 saturated heterocycles. The Hall–Kier alpha value is -2.84. The first-order chi connectivity index (χ1) is 11.5. The van der Waals surface area contributed by atoms with E-state index in [0.29, 0.717) is 17.5 Å². The third kappa shape index (κ3) is 4.12. The second-order valence-corrected chi connectivity index (χ2v) is 5.98. The number of nitrogen functional groups attached to an aromatic ring is 1. The van der Waals surface area contributed by atoms with Crippen LogP contribution in [-0.4, -0.2) is 5.91 Å². The third-order valence-electron chi connectivity index (χ3n) is 4.21. The van der Waals surface area contributed by atoms with Gasteiger partial charge in [-0.25, -0.2) is 0 Å². The summed E-state index contributed by atoms with van der Waals surface area (Å²) in [6.07, 6.45) is 2.95. The van der Waals surface area contributed by atoms with Crippen molar-refractivity contribution in [2.75, 3.05) is 5.73 Å². The van der Waals surface area contributed by atoms with Crippen LogP contribution in [0.3, 0.4) is 0 Å². The molecule has 0 aromatic heterocycles. The van der Waals surface area contributed by atoms with Crippen LogP contribution in [0.2, 0.25) is 0 Å². The summed E-state index contributed by atoms with van der Waals surface area (Å²) in [5.41, 5.74) is 19.2. The molecule has 0 aliphatic heterocycles. The minimum atomic E-state index is -1.26. The van der Waals surface area contributed by atoms with Crippen LogP contribution in [0.4, 0.5) is 5.69 Å². The van der Waals surface area contributed by atoms with E-state index in [0.717, 1.165) is 24.9 Å². The van der Waals surface area contributed by atoms with Crippen molar-refractivity contribution < 1.29 is 4.79 Å². The van der Waals surface area contributed by atoms with Crippen molar-refractivity contribution in [2.24, 2.45) is 11.5 Å². The molecule has 6 N–H and O–H groups in total. The molecule has 0 radical (unpaired) electrons. The first-order valence-electron chi connectivity index (χ1n) is 7.89. The fraction of sp³-hybridized carbons (Fsp3) is 0.263. The maximum Gasteiger partial charge on any atom is 0.242 e. The Morgan fingerprint density at radius 3 is 2.46 bits per heavy atom. The number of nitrogens with zero attached hydrogens (tertiary/aromatic N) is 1. The number of amides is 1. The Kier molecular flexibility index (Phi) is 5.56. The van der Waals surface area contributed by atoms with Crippen LogP contribution >= 0.6 is 0 Å². The Balaban J connectivity index is 2.01. The fourth-order valence-corrected chi connectivity index (χ4v) is 2.69. The van der Waals surface area contributed by atoms with Gasteiger partial charge in [-0.05, 0) is 54.7 Å². The van der Waals surface area contributed by atoms with E-state index >= 15 is 0 Å². The van der Waals surface area contributed by atoms with Crippen LogP contribution in [0.5, 0.6) is 0 Å². The molecule has 124 valence electrons. The SMILES string of the molecule is N#Cc1cccc(C(N)(CCCCc2ccc(N)cc2)C(N)=O)c1. The minimum absolute atomic E-state index is 0.437. The van der Waals surface area contributed by atoms with Crippen molar-refractivity contribution >= 4 is 11.6 Å². The quantitative estimate of drug-likeness (QED) is 0.534. The van der Waals surface area contributed by atoms with Crippen LogP contribution < -0.4 is 17.2 Å². The molecule has 5 nitrogen and oxygen atoms in total. The van der Waals surface area contributed by atoms with Gasteiger partial charge in [0.25, 0.3) is 0 Å². The minimum Gasteiger partial charge on any atom is -0.399 e.